The van der Waals surface area contributed by atoms with Crippen LogP contribution in [-0.4, -0.2) is 6.16 Å². The molecule has 0 N–H and O–H groups in total. The molecule has 3 heteroatoms. The maximum Gasteiger partial charge on any atom is 0.510 e. The molecule has 0 amide bonds. The van der Waals surface area contributed by atoms with E-state index in [0.717, 1.165) is 60.8 Å². The number of hydrogen-bond donors (Lipinski definition) is 0. The SMILES string of the molecule is CCCCc1ccc(C(OC(=O)OC(c2ccccc2)c2ccc(CCCC)cc2)c2ccccc2)cc1. The molecule has 0 radical (unpaired) electrons. The van der Waals surface area contributed by atoms with Gasteiger partial charge in [0.15, 0.2) is 12.2 Å². The Morgan fingerprint density at radius 3 is 1.21 bits per heavy atom. The molecule has 38 heavy (non-hydrogen) atoms. The fourth-order valence-corrected chi connectivity index (χ4v) is 4.61. The molecule has 0 fully saturated rings. The zero-order valence-electron chi connectivity index (χ0n) is 22.5. The molecule has 0 spiro atoms. The van der Waals surface area contributed by atoms with Crippen LogP contribution in [0.4, 0.5) is 4.79 Å². The van der Waals surface area contributed by atoms with E-state index in [1.807, 2.05) is 60.7 Å². The van der Waals surface area contributed by atoms with Gasteiger partial charge in [-0.05, 0) is 59.1 Å². The van der Waals surface area contributed by atoms with Crippen molar-refractivity contribution in [3.63, 3.8) is 0 Å². The van der Waals surface area contributed by atoms with Crippen LogP contribution >= 0.6 is 0 Å². The highest BCUT2D eigenvalue weighted by molar-refractivity contribution is 5.62. The second-order valence-electron chi connectivity index (χ2n) is 9.76. The van der Waals surface area contributed by atoms with Gasteiger partial charge in [0.25, 0.3) is 0 Å². The highest BCUT2D eigenvalue weighted by atomic mass is 16.7. The molecule has 0 aliphatic rings. The van der Waals surface area contributed by atoms with E-state index in [1.165, 1.54) is 11.1 Å². The Morgan fingerprint density at radius 1 is 0.526 bits per heavy atom. The minimum Gasteiger partial charge on any atom is -0.421 e. The number of benzene rings is 4. The van der Waals surface area contributed by atoms with Gasteiger partial charge < -0.3 is 9.47 Å². The van der Waals surface area contributed by atoms with Crippen LogP contribution in [0, 0.1) is 0 Å². The van der Waals surface area contributed by atoms with Crippen molar-refractivity contribution in [2.24, 2.45) is 0 Å². The summed E-state index contributed by atoms with van der Waals surface area (Å²) in [5, 5.41) is 0. The summed E-state index contributed by atoms with van der Waals surface area (Å²) in [5.41, 5.74) is 6.23. The Kier molecular flexibility index (Phi) is 10.1. The molecule has 2 atom stereocenters. The molecule has 4 rings (SSSR count). The largest absolute Gasteiger partial charge is 0.510 e. The molecule has 0 saturated carbocycles. The first kappa shape index (κ1) is 27.2. The fraction of sp³-hybridized carbons (Fsp3) is 0.286. The molecule has 0 bridgehead atoms. The van der Waals surface area contributed by atoms with E-state index in [2.05, 4.69) is 62.4 Å². The van der Waals surface area contributed by atoms with Gasteiger partial charge in [0.1, 0.15) is 0 Å². The Labute approximate surface area is 227 Å². The van der Waals surface area contributed by atoms with E-state index >= 15 is 0 Å². The smallest absolute Gasteiger partial charge is 0.421 e. The van der Waals surface area contributed by atoms with Crippen molar-refractivity contribution in [3.05, 3.63) is 143 Å². The second kappa shape index (κ2) is 14.2. The van der Waals surface area contributed by atoms with E-state index in [4.69, 9.17) is 9.47 Å². The lowest BCUT2D eigenvalue weighted by Crippen LogP contribution is -2.18. The molecule has 2 unspecified atom stereocenters. The van der Waals surface area contributed by atoms with Gasteiger partial charge in [0.2, 0.25) is 0 Å². The summed E-state index contributed by atoms with van der Waals surface area (Å²) >= 11 is 0. The number of unbranched alkanes of at least 4 members (excludes halogenated alkanes) is 2. The summed E-state index contributed by atoms with van der Waals surface area (Å²) in [6.45, 7) is 4.39. The van der Waals surface area contributed by atoms with Crippen LogP contribution in [0.2, 0.25) is 0 Å². The van der Waals surface area contributed by atoms with Crippen LogP contribution in [0.15, 0.2) is 109 Å². The van der Waals surface area contributed by atoms with Crippen molar-refractivity contribution in [3.8, 4) is 0 Å². The minimum atomic E-state index is -0.696. The first-order chi connectivity index (χ1) is 18.7. The van der Waals surface area contributed by atoms with Crippen molar-refractivity contribution in [2.45, 2.75) is 64.6 Å². The fourth-order valence-electron chi connectivity index (χ4n) is 4.61. The van der Waals surface area contributed by atoms with Crippen molar-refractivity contribution >= 4 is 6.16 Å². The molecule has 3 nitrogen and oxygen atoms in total. The molecular weight excluding hydrogens is 468 g/mol. The summed E-state index contributed by atoms with van der Waals surface area (Å²) in [4.78, 5) is 13.3. The van der Waals surface area contributed by atoms with E-state index in [9.17, 15) is 4.79 Å². The van der Waals surface area contributed by atoms with Gasteiger partial charge in [-0.25, -0.2) is 4.79 Å². The van der Waals surface area contributed by atoms with Crippen LogP contribution in [0.3, 0.4) is 0 Å². The van der Waals surface area contributed by atoms with Gasteiger partial charge in [-0.3, -0.25) is 0 Å². The van der Waals surface area contributed by atoms with Crippen molar-refractivity contribution < 1.29 is 14.3 Å². The molecule has 0 heterocycles. The summed E-state index contributed by atoms with van der Waals surface area (Å²) in [5.74, 6) is 0. The van der Waals surface area contributed by atoms with E-state index in [-0.39, 0.29) is 0 Å². The first-order valence-electron chi connectivity index (χ1n) is 13.8. The predicted molar refractivity (Wildman–Crippen MR) is 154 cm³/mol. The average Bonchev–Trinajstić information content (AvgIpc) is 2.98. The third-order valence-electron chi connectivity index (χ3n) is 6.84. The van der Waals surface area contributed by atoms with E-state index in [1.54, 1.807) is 0 Å². The molecule has 0 saturated heterocycles. The Balaban J connectivity index is 1.56. The van der Waals surface area contributed by atoms with Gasteiger partial charge in [-0.2, -0.15) is 0 Å². The molecular formula is C35H38O3. The van der Waals surface area contributed by atoms with Crippen molar-refractivity contribution in [1.29, 1.82) is 0 Å². The van der Waals surface area contributed by atoms with Crippen LogP contribution in [0.5, 0.6) is 0 Å². The van der Waals surface area contributed by atoms with Crippen LogP contribution in [0.25, 0.3) is 0 Å². The van der Waals surface area contributed by atoms with Crippen LogP contribution in [-0.2, 0) is 22.3 Å². The number of carbonyl (C=O) groups is 1. The van der Waals surface area contributed by atoms with Gasteiger partial charge in [0, 0.05) is 0 Å². The number of rotatable bonds is 12. The Hall–Kier alpha value is -3.85. The quantitative estimate of drug-likeness (QED) is 0.180. The third-order valence-corrected chi connectivity index (χ3v) is 6.84. The Morgan fingerprint density at radius 2 is 0.868 bits per heavy atom. The average molecular weight is 507 g/mol. The highest BCUT2D eigenvalue weighted by Crippen LogP contribution is 2.31. The molecule has 196 valence electrons. The zero-order chi connectivity index (χ0) is 26.6. The number of ether oxygens (including phenoxy) is 2. The highest BCUT2D eigenvalue weighted by Gasteiger charge is 2.25. The van der Waals surface area contributed by atoms with E-state index < -0.39 is 18.4 Å². The lowest BCUT2D eigenvalue weighted by Gasteiger charge is -2.23. The number of hydrogen-bond acceptors (Lipinski definition) is 3. The van der Waals surface area contributed by atoms with E-state index in [0.29, 0.717) is 0 Å². The molecule has 0 aromatic heterocycles. The summed E-state index contributed by atoms with van der Waals surface area (Å²) < 4.78 is 12.1. The summed E-state index contributed by atoms with van der Waals surface area (Å²) in [7, 11) is 0. The third kappa shape index (κ3) is 7.58. The van der Waals surface area contributed by atoms with Crippen LogP contribution in [0.1, 0.15) is 85.1 Å². The Bertz CT molecular complexity index is 1130. The zero-order valence-corrected chi connectivity index (χ0v) is 22.5. The summed E-state index contributed by atoms with van der Waals surface area (Å²) in [6, 6.07) is 36.4. The standard InChI is InChI=1S/C35H38O3/c1-3-5-13-27-19-23-31(24-20-27)33(29-15-9-7-10-16-29)37-35(36)38-34(30-17-11-8-12-18-30)32-25-21-28(22-26-32)14-6-4-2/h7-12,15-26,33-34H,3-6,13-14H2,1-2H3. The van der Waals surface area contributed by atoms with Gasteiger partial charge >= 0.3 is 6.16 Å². The maximum atomic E-state index is 13.3. The van der Waals surface area contributed by atoms with Gasteiger partial charge in [-0.15, -0.1) is 0 Å². The van der Waals surface area contributed by atoms with Gasteiger partial charge in [0.05, 0.1) is 0 Å². The minimum absolute atomic E-state index is 0.559. The molecule has 4 aromatic rings. The maximum absolute atomic E-state index is 13.3. The molecule has 4 aromatic carbocycles. The molecule has 0 aliphatic carbocycles. The second-order valence-corrected chi connectivity index (χ2v) is 9.76. The number of carbonyl (C=O) groups excluding carboxylic acids is 1. The first-order valence-corrected chi connectivity index (χ1v) is 13.8. The summed E-state index contributed by atoms with van der Waals surface area (Å²) in [6.07, 6.45) is 4.92. The predicted octanol–water partition coefficient (Wildman–Crippen LogP) is 9.40. The monoisotopic (exact) mass is 506 g/mol. The lowest BCUT2D eigenvalue weighted by molar-refractivity contribution is 0.0166. The van der Waals surface area contributed by atoms with Crippen molar-refractivity contribution in [1.82, 2.24) is 0 Å². The van der Waals surface area contributed by atoms with Gasteiger partial charge in [-0.1, -0.05) is 136 Å². The lowest BCUT2D eigenvalue weighted by atomic mass is 9.98. The van der Waals surface area contributed by atoms with Crippen molar-refractivity contribution in [2.75, 3.05) is 0 Å². The topological polar surface area (TPSA) is 35.5 Å². The number of aryl methyl sites for hydroxylation is 2. The molecule has 0 aliphatic heterocycles. The van der Waals surface area contributed by atoms with Crippen LogP contribution < -0.4 is 0 Å². The normalized spacial score (nSPS) is 12.5.